The molecule has 2 bridgehead atoms. The summed E-state index contributed by atoms with van der Waals surface area (Å²) in [5.74, 6) is 0.942. The maximum Gasteiger partial charge on any atom is 0.137 e. The van der Waals surface area contributed by atoms with Gasteiger partial charge in [-0.3, -0.25) is 4.79 Å². The number of carbonyl (C=O) groups excluding carboxylic acids is 1. The van der Waals surface area contributed by atoms with E-state index >= 15 is 0 Å². The molecule has 0 spiro atoms. The molecular weight excluding hydrogens is 296 g/mol. The number of carbonyl (C=O) groups is 1. The Morgan fingerprint density at radius 1 is 1.21 bits per heavy atom. The van der Waals surface area contributed by atoms with E-state index in [4.69, 9.17) is 0 Å². The van der Waals surface area contributed by atoms with E-state index in [1.54, 1.807) is 0 Å². The van der Waals surface area contributed by atoms with Gasteiger partial charge in [0.05, 0.1) is 0 Å². The number of benzene rings is 1. The first-order valence-corrected chi connectivity index (χ1v) is 9.17. The number of piperidine rings is 1. The number of nitrogens with one attached hydrogen (secondary N) is 1. The van der Waals surface area contributed by atoms with Gasteiger partial charge in [0.15, 0.2) is 0 Å². The number of rotatable bonds is 4. The van der Waals surface area contributed by atoms with E-state index < -0.39 is 0 Å². The summed E-state index contributed by atoms with van der Waals surface area (Å²) in [7, 11) is 2.07. The number of hydrogen-bond donors (Lipinski definition) is 1. The molecule has 4 rings (SSSR count). The highest BCUT2D eigenvalue weighted by molar-refractivity contribution is 5.83. The Morgan fingerprint density at radius 3 is 2.67 bits per heavy atom. The average Bonchev–Trinajstić information content (AvgIpc) is 3.20. The molecule has 2 aliphatic rings. The zero-order valence-electron chi connectivity index (χ0n) is 14.5. The van der Waals surface area contributed by atoms with Crippen molar-refractivity contribution >= 4 is 5.78 Å². The van der Waals surface area contributed by atoms with Gasteiger partial charge in [0.25, 0.3) is 0 Å². The first-order valence-electron chi connectivity index (χ1n) is 9.17. The van der Waals surface area contributed by atoms with E-state index in [0.717, 1.165) is 12.8 Å². The number of nitrogens with zero attached hydrogens (tertiary/aromatic N) is 1. The molecule has 24 heavy (non-hydrogen) atoms. The molecule has 1 N–H and O–H groups in total. The monoisotopic (exact) mass is 322 g/mol. The van der Waals surface area contributed by atoms with Gasteiger partial charge in [0.1, 0.15) is 5.78 Å². The molecule has 0 radical (unpaired) electrons. The predicted molar refractivity (Wildman–Crippen MR) is 96.9 cm³/mol. The van der Waals surface area contributed by atoms with Crippen LogP contribution in [0.1, 0.15) is 44.1 Å². The molecule has 0 aliphatic carbocycles. The summed E-state index contributed by atoms with van der Waals surface area (Å²) < 4.78 is 2.14. The zero-order chi connectivity index (χ0) is 16.7. The van der Waals surface area contributed by atoms with Crippen LogP contribution in [0.5, 0.6) is 0 Å². The molecule has 0 unspecified atom stereocenters. The fourth-order valence-corrected chi connectivity index (χ4v) is 4.74. The Morgan fingerprint density at radius 2 is 2.00 bits per heavy atom. The molecular formula is C21H26N2O. The molecule has 126 valence electrons. The fraction of sp³-hybridized carbons (Fsp3) is 0.476. The van der Waals surface area contributed by atoms with E-state index in [1.807, 2.05) is 6.92 Å². The van der Waals surface area contributed by atoms with Gasteiger partial charge in [0, 0.05) is 43.4 Å². The van der Waals surface area contributed by atoms with Gasteiger partial charge < -0.3 is 9.88 Å². The lowest BCUT2D eigenvalue weighted by atomic mass is 9.74. The Kier molecular flexibility index (Phi) is 4.05. The van der Waals surface area contributed by atoms with E-state index in [9.17, 15) is 4.79 Å². The highest BCUT2D eigenvalue weighted by Gasteiger charge is 2.44. The van der Waals surface area contributed by atoms with Crippen LogP contribution in [0, 0.1) is 5.92 Å². The van der Waals surface area contributed by atoms with Crippen LogP contribution in [0.2, 0.25) is 0 Å². The minimum Gasteiger partial charge on any atom is -0.351 e. The van der Waals surface area contributed by atoms with Crippen LogP contribution in [0.25, 0.3) is 11.3 Å². The maximum absolute atomic E-state index is 12.6. The Balaban J connectivity index is 1.64. The minimum absolute atomic E-state index is 0.148. The van der Waals surface area contributed by atoms with Crippen molar-refractivity contribution in [3.8, 4) is 11.3 Å². The lowest BCUT2D eigenvalue weighted by molar-refractivity contribution is -0.124. The predicted octanol–water partition coefficient (Wildman–Crippen LogP) is 3.90. The second-order valence-electron chi connectivity index (χ2n) is 7.36. The summed E-state index contributed by atoms with van der Waals surface area (Å²) in [6.07, 6.45) is 6.18. The topological polar surface area (TPSA) is 34.0 Å². The van der Waals surface area contributed by atoms with Crippen LogP contribution in [0.15, 0.2) is 42.6 Å². The standard InChI is InChI=1S/C21H26N2O/c1-3-20(24)21-17(13-16-10-11-18(21)22-16)14-6-8-15(9-7-14)19-5-4-12-23(19)2/h4-9,12,16-18,21-22H,3,10-11,13H2,1-2H3/t16-,17+,18+,21-/m0/s1. The van der Waals surface area contributed by atoms with Gasteiger partial charge in [-0.15, -0.1) is 0 Å². The third kappa shape index (κ3) is 2.61. The van der Waals surface area contributed by atoms with Crippen molar-refractivity contribution in [3.05, 3.63) is 48.2 Å². The van der Waals surface area contributed by atoms with Crippen LogP contribution >= 0.6 is 0 Å². The largest absolute Gasteiger partial charge is 0.351 e. The summed E-state index contributed by atoms with van der Waals surface area (Å²) in [5.41, 5.74) is 3.80. The molecule has 0 amide bonds. The van der Waals surface area contributed by atoms with Gasteiger partial charge >= 0.3 is 0 Å². The fourth-order valence-electron chi connectivity index (χ4n) is 4.74. The summed E-state index contributed by atoms with van der Waals surface area (Å²) in [5, 5.41) is 3.67. The quantitative estimate of drug-likeness (QED) is 0.926. The highest BCUT2D eigenvalue weighted by atomic mass is 16.1. The second-order valence-corrected chi connectivity index (χ2v) is 7.36. The molecule has 4 atom stereocenters. The smallest absolute Gasteiger partial charge is 0.137 e. The first-order chi connectivity index (χ1) is 11.7. The van der Waals surface area contributed by atoms with E-state index in [2.05, 4.69) is 59.5 Å². The molecule has 2 aliphatic heterocycles. The normalized spacial score (nSPS) is 28.9. The number of aryl methyl sites for hydroxylation is 1. The summed E-state index contributed by atoms with van der Waals surface area (Å²) in [6, 6.07) is 14.1. The van der Waals surface area contributed by atoms with Crippen molar-refractivity contribution in [1.82, 2.24) is 9.88 Å². The minimum atomic E-state index is 0.148. The van der Waals surface area contributed by atoms with Crippen molar-refractivity contribution < 1.29 is 4.79 Å². The van der Waals surface area contributed by atoms with Gasteiger partial charge in [0.2, 0.25) is 0 Å². The van der Waals surface area contributed by atoms with Gasteiger partial charge in [-0.05, 0) is 48.4 Å². The molecule has 2 aromatic rings. The molecule has 1 aromatic carbocycles. The highest BCUT2D eigenvalue weighted by Crippen LogP contribution is 2.42. The van der Waals surface area contributed by atoms with Gasteiger partial charge in [-0.25, -0.2) is 0 Å². The number of Topliss-reactive ketones (excluding diaryl/α,β-unsaturated/α-hetero) is 1. The summed E-state index contributed by atoms with van der Waals surface area (Å²) in [6.45, 7) is 2.00. The van der Waals surface area contributed by atoms with E-state index in [0.29, 0.717) is 30.2 Å². The molecule has 3 heteroatoms. The summed E-state index contributed by atoms with van der Waals surface area (Å²) >= 11 is 0. The van der Waals surface area contributed by atoms with Crippen LogP contribution in [-0.2, 0) is 11.8 Å². The van der Waals surface area contributed by atoms with Gasteiger partial charge in [-0.1, -0.05) is 31.2 Å². The number of ketones is 1. The zero-order valence-corrected chi connectivity index (χ0v) is 14.5. The Hall–Kier alpha value is -1.87. The Labute approximate surface area is 144 Å². The molecule has 3 nitrogen and oxygen atoms in total. The van der Waals surface area contributed by atoms with Crippen molar-refractivity contribution in [3.63, 3.8) is 0 Å². The third-order valence-corrected chi connectivity index (χ3v) is 5.98. The van der Waals surface area contributed by atoms with E-state index in [-0.39, 0.29) is 5.92 Å². The van der Waals surface area contributed by atoms with E-state index in [1.165, 1.54) is 23.2 Å². The molecule has 2 saturated heterocycles. The van der Waals surface area contributed by atoms with Crippen molar-refractivity contribution in [1.29, 1.82) is 0 Å². The van der Waals surface area contributed by atoms with Crippen molar-refractivity contribution in [2.75, 3.05) is 0 Å². The molecule has 1 aromatic heterocycles. The second kappa shape index (κ2) is 6.21. The maximum atomic E-state index is 12.6. The number of hydrogen-bond acceptors (Lipinski definition) is 2. The van der Waals surface area contributed by atoms with Crippen molar-refractivity contribution in [2.45, 2.75) is 50.6 Å². The number of aromatic nitrogens is 1. The lowest BCUT2D eigenvalue weighted by Gasteiger charge is -2.37. The summed E-state index contributed by atoms with van der Waals surface area (Å²) in [4.78, 5) is 12.6. The molecule has 2 fully saturated rings. The van der Waals surface area contributed by atoms with Crippen LogP contribution < -0.4 is 5.32 Å². The van der Waals surface area contributed by atoms with Crippen LogP contribution in [0.4, 0.5) is 0 Å². The Bertz CT molecular complexity index is 731. The average molecular weight is 322 g/mol. The number of fused-ring (bicyclic) bond motifs is 2. The van der Waals surface area contributed by atoms with Crippen LogP contribution in [-0.4, -0.2) is 22.4 Å². The third-order valence-electron chi connectivity index (χ3n) is 5.98. The SMILES string of the molecule is CCC(=O)[C@H]1[C@@H](c2ccc(-c3cccn3C)cc2)C[C@@H]2CC[C@H]1N2. The molecule has 0 saturated carbocycles. The van der Waals surface area contributed by atoms with Crippen molar-refractivity contribution in [2.24, 2.45) is 13.0 Å². The molecule has 3 heterocycles. The van der Waals surface area contributed by atoms with Gasteiger partial charge in [-0.2, -0.15) is 0 Å². The lowest BCUT2D eigenvalue weighted by Crippen LogP contribution is -2.47. The van der Waals surface area contributed by atoms with Crippen LogP contribution in [0.3, 0.4) is 0 Å². The first kappa shape index (κ1) is 15.6.